The fourth-order valence-electron chi connectivity index (χ4n) is 2.01. The van der Waals surface area contributed by atoms with Crippen LogP contribution in [0.15, 0.2) is 35.7 Å². The van der Waals surface area contributed by atoms with Gasteiger partial charge in [0.05, 0.1) is 4.88 Å². The van der Waals surface area contributed by atoms with E-state index in [2.05, 4.69) is 16.0 Å². The van der Waals surface area contributed by atoms with Crippen molar-refractivity contribution in [1.29, 1.82) is 0 Å². The molecule has 5 nitrogen and oxygen atoms in total. The lowest BCUT2D eigenvalue weighted by Gasteiger charge is -2.08. The van der Waals surface area contributed by atoms with Gasteiger partial charge in [-0.25, -0.2) is 4.79 Å². The van der Waals surface area contributed by atoms with E-state index in [1.165, 1.54) is 11.3 Å². The predicted octanol–water partition coefficient (Wildman–Crippen LogP) is 3.59. The monoisotopic (exact) mass is 315 g/mol. The Balaban J connectivity index is 1.58. The van der Waals surface area contributed by atoms with Gasteiger partial charge in [-0.2, -0.15) is 0 Å². The van der Waals surface area contributed by atoms with Crippen LogP contribution >= 0.6 is 11.3 Å². The number of urea groups is 1. The van der Waals surface area contributed by atoms with Crippen molar-refractivity contribution in [2.75, 3.05) is 10.6 Å². The highest BCUT2D eigenvalue weighted by atomic mass is 32.1. The summed E-state index contributed by atoms with van der Waals surface area (Å²) in [5.74, 6) is -0.111. The molecule has 114 valence electrons. The fraction of sp³-hybridized carbons (Fsp3) is 0.250. The standard InChI is InChI=1S/C16H17N3O2S/c1-10-8-9-22-14(10)15(20)17-11-2-4-12(5-3-11)18-16(21)19-13-6-7-13/h2-5,8-9,13H,6-7H2,1H3,(H,17,20)(H2,18,19,21). The predicted molar refractivity (Wildman–Crippen MR) is 88.6 cm³/mol. The van der Waals surface area contributed by atoms with Gasteiger partial charge in [0.1, 0.15) is 0 Å². The molecule has 0 aliphatic heterocycles. The van der Waals surface area contributed by atoms with Crippen LogP contribution in [0.25, 0.3) is 0 Å². The van der Waals surface area contributed by atoms with Crippen molar-refractivity contribution in [1.82, 2.24) is 5.32 Å². The third-order valence-corrected chi connectivity index (χ3v) is 4.40. The van der Waals surface area contributed by atoms with Crippen LogP contribution in [0.4, 0.5) is 16.2 Å². The lowest BCUT2D eigenvalue weighted by atomic mass is 10.2. The lowest BCUT2D eigenvalue weighted by Crippen LogP contribution is -2.30. The summed E-state index contributed by atoms with van der Waals surface area (Å²) in [5.41, 5.74) is 2.37. The van der Waals surface area contributed by atoms with Gasteiger partial charge < -0.3 is 16.0 Å². The van der Waals surface area contributed by atoms with Crippen molar-refractivity contribution in [3.8, 4) is 0 Å². The summed E-state index contributed by atoms with van der Waals surface area (Å²) in [6.45, 7) is 1.91. The quantitative estimate of drug-likeness (QED) is 0.807. The minimum Gasteiger partial charge on any atom is -0.335 e. The average Bonchev–Trinajstić information content (AvgIpc) is 3.19. The number of hydrogen-bond acceptors (Lipinski definition) is 3. The van der Waals surface area contributed by atoms with E-state index in [0.29, 0.717) is 22.3 Å². The van der Waals surface area contributed by atoms with Crippen LogP contribution in [0.5, 0.6) is 0 Å². The van der Waals surface area contributed by atoms with Gasteiger partial charge in [0.25, 0.3) is 5.91 Å². The lowest BCUT2D eigenvalue weighted by molar-refractivity contribution is 0.103. The molecule has 0 atom stereocenters. The molecule has 0 unspecified atom stereocenters. The van der Waals surface area contributed by atoms with Gasteiger partial charge in [0.2, 0.25) is 0 Å². The van der Waals surface area contributed by atoms with Gasteiger partial charge in [-0.3, -0.25) is 4.79 Å². The Morgan fingerprint density at radius 2 is 1.68 bits per heavy atom. The summed E-state index contributed by atoms with van der Waals surface area (Å²) >= 11 is 1.42. The van der Waals surface area contributed by atoms with Crippen LogP contribution < -0.4 is 16.0 Å². The minimum atomic E-state index is -0.187. The third kappa shape index (κ3) is 3.65. The number of aryl methyl sites for hydroxylation is 1. The molecular formula is C16H17N3O2S. The van der Waals surface area contributed by atoms with Gasteiger partial charge in [0, 0.05) is 17.4 Å². The number of thiophene rings is 1. The van der Waals surface area contributed by atoms with Crippen molar-refractivity contribution in [3.63, 3.8) is 0 Å². The maximum atomic E-state index is 12.1. The minimum absolute atomic E-state index is 0.111. The molecule has 1 saturated carbocycles. The molecule has 1 aliphatic carbocycles. The Kier molecular flexibility index (Phi) is 4.11. The van der Waals surface area contributed by atoms with E-state index in [1.807, 2.05) is 18.4 Å². The summed E-state index contributed by atoms with van der Waals surface area (Å²) in [6.07, 6.45) is 2.11. The van der Waals surface area contributed by atoms with Gasteiger partial charge in [0.15, 0.2) is 0 Å². The number of carbonyl (C=O) groups excluding carboxylic acids is 2. The van der Waals surface area contributed by atoms with Gasteiger partial charge in [-0.1, -0.05) is 0 Å². The van der Waals surface area contributed by atoms with E-state index in [9.17, 15) is 9.59 Å². The van der Waals surface area contributed by atoms with E-state index in [1.54, 1.807) is 24.3 Å². The van der Waals surface area contributed by atoms with Crippen LogP contribution in [0.3, 0.4) is 0 Å². The summed E-state index contributed by atoms with van der Waals surface area (Å²) in [5, 5.41) is 10.4. The fourth-order valence-corrected chi connectivity index (χ4v) is 2.83. The average molecular weight is 315 g/mol. The molecule has 1 aromatic heterocycles. The molecule has 3 N–H and O–H groups in total. The first-order valence-corrected chi connectivity index (χ1v) is 8.03. The van der Waals surface area contributed by atoms with Crippen LogP contribution in [0.1, 0.15) is 28.1 Å². The second-order valence-corrected chi connectivity index (χ2v) is 6.25. The highest BCUT2D eigenvalue weighted by Crippen LogP contribution is 2.20. The van der Waals surface area contributed by atoms with E-state index >= 15 is 0 Å². The highest BCUT2D eigenvalue weighted by Gasteiger charge is 2.23. The molecule has 6 heteroatoms. The number of benzene rings is 1. The van der Waals surface area contributed by atoms with Crippen molar-refractivity contribution in [2.24, 2.45) is 0 Å². The Hall–Kier alpha value is -2.34. The van der Waals surface area contributed by atoms with E-state index < -0.39 is 0 Å². The van der Waals surface area contributed by atoms with Gasteiger partial charge in [-0.05, 0) is 61.0 Å². The Bertz CT molecular complexity index is 690. The second-order valence-electron chi connectivity index (χ2n) is 5.34. The Morgan fingerprint density at radius 3 is 2.23 bits per heavy atom. The number of carbonyl (C=O) groups is 2. The molecule has 3 amide bonds. The van der Waals surface area contributed by atoms with Crippen LogP contribution in [0.2, 0.25) is 0 Å². The number of hydrogen-bond donors (Lipinski definition) is 3. The van der Waals surface area contributed by atoms with Gasteiger partial charge in [-0.15, -0.1) is 11.3 Å². The first-order valence-electron chi connectivity index (χ1n) is 7.15. The SMILES string of the molecule is Cc1ccsc1C(=O)Nc1ccc(NC(=O)NC2CC2)cc1. The normalized spacial score (nSPS) is 13.5. The van der Waals surface area contributed by atoms with Crippen molar-refractivity contribution >= 4 is 34.6 Å². The first-order chi connectivity index (χ1) is 10.6. The maximum absolute atomic E-state index is 12.1. The molecule has 0 saturated heterocycles. The van der Waals surface area contributed by atoms with Crippen LogP contribution in [-0.2, 0) is 0 Å². The number of rotatable bonds is 4. The molecule has 1 aliphatic rings. The smallest absolute Gasteiger partial charge is 0.319 e. The summed E-state index contributed by atoms with van der Waals surface area (Å²) < 4.78 is 0. The molecule has 1 heterocycles. The van der Waals surface area contributed by atoms with E-state index in [4.69, 9.17) is 0 Å². The maximum Gasteiger partial charge on any atom is 0.319 e. The second kappa shape index (κ2) is 6.19. The largest absolute Gasteiger partial charge is 0.335 e. The third-order valence-electron chi connectivity index (χ3n) is 3.38. The van der Waals surface area contributed by atoms with Crippen molar-refractivity contribution < 1.29 is 9.59 Å². The first kappa shape index (κ1) is 14.6. The van der Waals surface area contributed by atoms with Crippen LogP contribution in [0, 0.1) is 6.92 Å². The van der Waals surface area contributed by atoms with Crippen molar-refractivity contribution in [3.05, 3.63) is 46.2 Å². The summed E-state index contributed by atoms with van der Waals surface area (Å²) in [6, 6.07) is 9.14. The van der Waals surface area contributed by atoms with E-state index in [0.717, 1.165) is 18.4 Å². The molecule has 1 aromatic carbocycles. The highest BCUT2D eigenvalue weighted by molar-refractivity contribution is 7.12. The number of nitrogens with one attached hydrogen (secondary N) is 3. The Morgan fingerprint density at radius 1 is 1.05 bits per heavy atom. The van der Waals surface area contributed by atoms with E-state index in [-0.39, 0.29) is 11.9 Å². The summed E-state index contributed by atoms with van der Waals surface area (Å²) in [4.78, 5) is 24.4. The molecule has 0 spiro atoms. The molecule has 3 rings (SSSR count). The summed E-state index contributed by atoms with van der Waals surface area (Å²) in [7, 11) is 0. The van der Waals surface area contributed by atoms with Crippen LogP contribution in [-0.4, -0.2) is 18.0 Å². The molecule has 0 bridgehead atoms. The Labute approximate surface area is 132 Å². The number of anilines is 2. The molecule has 0 radical (unpaired) electrons. The zero-order valence-corrected chi connectivity index (χ0v) is 13.0. The topological polar surface area (TPSA) is 70.2 Å². The molecule has 2 aromatic rings. The molecular weight excluding hydrogens is 298 g/mol. The number of amides is 3. The molecule has 22 heavy (non-hydrogen) atoms. The zero-order valence-electron chi connectivity index (χ0n) is 12.2. The van der Waals surface area contributed by atoms with Gasteiger partial charge >= 0.3 is 6.03 Å². The zero-order chi connectivity index (χ0) is 15.5. The van der Waals surface area contributed by atoms with Crippen molar-refractivity contribution in [2.45, 2.75) is 25.8 Å². The molecule has 1 fully saturated rings.